The first-order valence-corrected chi connectivity index (χ1v) is 11.9. The Balaban J connectivity index is 2.15. The Bertz CT molecular complexity index is 569. The van der Waals surface area contributed by atoms with E-state index in [9.17, 15) is 19.8 Å². The second kappa shape index (κ2) is 5.98. The molecule has 1 saturated heterocycles. The lowest BCUT2D eigenvalue weighted by Gasteiger charge is -2.48. The zero-order valence-electron chi connectivity index (χ0n) is 14.6. The predicted octanol–water partition coefficient (Wildman–Crippen LogP) is 2.65. The molecule has 2 aliphatic heterocycles. The van der Waals surface area contributed by atoms with Gasteiger partial charge in [0.2, 0.25) is 5.91 Å². The zero-order chi connectivity index (χ0) is 17.7. The molecule has 1 amide bonds. The Kier molecular flexibility index (Phi) is 4.85. The number of aliphatic hydroxyl groups excluding tert-OH is 1. The summed E-state index contributed by atoms with van der Waals surface area (Å²) in [5, 5.41) is 17.7. The van der Waals surface area contributed by atoms with Gasteiger partial charge in [0.15, 0.2) is 8.32 Å². The minimum atomic E-state index is -1.99. The van der Waals surface area contributed by atoms with Gasteiger partial charge in [-0.15, -0.1) is 0 Å². The number of hydrogen-bond acceptors (Lipinski definition) is 4. The number of rotatable bonds is 4. The first kappa shape index (κ1) is 18.6. The molecule has 0 aromatic rings. The molecule has 0 aromatic carbocycles. The quantitative estimate of drug-likeness (QED) is 0.457. The first-order chi connectivity index (χ1) is 10.4. The van der Waals surface area contributed by atoms with Gasteiger partial charge < -0.3 is 14.6 Å². The van der Waals surface area contributed by atoms with Crippen molar-refractivity contribution in [1.29, 1.82) is 0 Å². The third kappa shape index (κ3) is 3.01. The van der Waals surface area contributed by atoms with Gasteiger partial charge in [0.1, 0.15) is 0 Å². The summed E-state index contributed by atoms with van der Waals surface area (Å²) in [6.45, 7) is 12.4. The van der Waals surface area contributed by atoms with E-state index in [-0.39, 0.29) is 35.6 Å². The molecule has 0 spiro atoms. The molecule has 6 nitrogen and oxygen atoms in total. The standard InChI is InChI=1S/C15H27NO5SSi/c1-9(21-23(5,6)15(2,3)4)12-11-7-10(8-17)22(14(19)20)16(11)13(12)18/h9,11-12,17H,7-8H2,1-6H3,(H,19,20)/t9-,11?,12?,22?/m1/s1. The molecular weight excluding hydrogens is 334 g/mol. The molecule has 2 rings (SSSR count). The van der Waals surface area contributed by atoms with Gasteiger partial charge in [0.05, 0.1) is 24.7 Å². The van der Waals surface area contributed by atoms with E-state index in [1.165, 1.54) is 4.31 Å². The van der Waals surface area contributed by atoms with Crippen LogP contribution in [0.2, 0.25) is 18.1 Å². The van der Waals surface area contributed by atoms with Gasteiger partial charge in [0.25, 0.3) is 0 Å². The van der Waals surface area contributed by atoms with Gasteiger partial charge in [-0.05, 0) is 25.1 Å². The van der Waals surface area contributed by atoms with E-state index in [0.29, 0.717) is 11.3 Å². The summed E-state index contributed by atoms with van der Waals surface area (Å²) in [5.74, 6) is -0.460. The van der Waals surface area contributed by atoms with Crippen LogP contribution in [0.1, 0.15) is 34.1 Å². The molecule has 0 aliphatic carbocycles. The van der Waals surface area contributed by atoms with E-state index in [0.717, 1.165) is 0 Å². The monoisotopic (exact) mass is 361 g/mol. The van der Waals surface area contributed by atoms with E-state index in [1.807, 2.05) is 6.92 Å². The van der Waals surface area contributed by atoms with Gasteiger partial charge in [-0.1, -0.05) is 20.8 Å². The highest BCUT2D eigenvalue weighted by Gasteiger charge is 2.57. The maximum Gasteiger partial charge on any atom is 0.378 e. The fourth-order valence-electron chi connectivity index (χ4n) is 2.99. The molecule has 2 N–H and O–H groups in total. The van der Waals surface area contributed by atoms with Crippen LogP contribution in [0.15, 0.2) is 0 Å². The number of nitrogens with zero attached hydrogens (tertiary/aromatic N) is 1. The second-order valence-corrected chi connectivity index (χ2v) is 14.4. The maximum absolute atomic E-state index is 12.5. The van der Waals surface area contributed by atoms with Crippen LogP contribution in [0.3, 0.4) is 0 Å². The predicted molar refractivity (Wildman–Crippen MR) is 94.2 cm³/mol. The molecule has 2 aliphatic rings. The first-order valence-electron chi connectivity index (χ1n) is 7.86. The summed E-state index contributed by atoms with van der Waals surface area (Å²) in [6.07, 6.45) is 0.231. The van der Waals surface area contributed by atoms with Crippen LogP contribution in [-0.2, 0) is 9.22 Å². The molecule has 4 atom stereocenters. The molecule has 0 radical (unpaired) electrons. The minimum absolute atomic E-state index is 0.0527. The SMILES string of the molecule is C[C@@H](O[Si](C)(C)C(C)(C)C)C1C(=O)N2C1CC(CO)=S2C(=O)O. The lowest BCUT2D eigenvalue weighted by Crippen LogP contribution is -2.62. The lowest BCUT2D eigenvalue weighted by molar-refractivity contribution is -0.150. The van der Waals surface area contributed by atoms with Crippen molar-refractivity contribution in [2.24, 2.45) is 5.92 Å². The van der Waals surface area contributed by atoms with E-state index in [2.05, 4.69) is 33.9 Å². The summed E-state index contributed by atoms with van der Waals surface area (Å²) in [6, 6.07) is -0.149. The maximum atomic E-state index is 12.5. The van der Waals surface area contributed by atoms with Gasteiger partial charge in [-0.3, -0.25) is 9.10 Å². The normalized spacial score (nSPS) is 29.3. The van der Waals surface area contributed by atoms with E-state index in [4.69, 9.17) is 4.43 Å². The summed E-state index contributed by atoms with van der Waals surface area (Å²) in [7, 11) is -3.28. The number of carboxylic acid groups (broad SMARTS) is 1. The average Bonchev–Trinajstić information content (AvgIpc) is 2.71. The van der Waals surface area contributed by atoms with Crippen molar-refractivity contribution < 1.29 is 24.2 Å². The lowest BCUT2D eigenvalue weighted by atomic mass is 9.83. The van der Waals surface area contributed by atoms with Crippen LogP contribution in [0.25, 0.3) is 0 Å². The largest absolute Gasteiger partial charge is 0.472 e. The topological polar surface area (TPSA) is 87.1 Å². The van der Waals surface area contributed by atoms with Crippen molar-refractivity contribution in [3.8, 4) is 0 Å². The fourth-order valence-corrected chi connectivity index (χ4v) is 6.34. The Morgan fingerprint density at radius 1 is 1.48 bits per heavy atom. The number of amides is 1. The number of carbonyl (C=O) groups excluding carboxylic acids is 1. The Hall–Kier alpha value is -0.703. The van der Waals surface area contributed by atoms with Crippen molar-refractivity contribution in [2.45, 2.75) is 64.4 Å². The van der Waals surface area contributed by atoms with E-state index < -0.39 is 24.3 Å². The highest BCUT2D eigenvalue weighted by atomic mass is 32.2. The summed E-state index contributed by atoms with van der Waals surface area (Å²) in [5.41, 5.74) is 0. The molecule has 1 fully saturated rings. The van der Waals surface area contributed by atoms with Crippen LogP contribution in [-0.4, -0.2) is 57.7 Å². The van der Waals surface area contributed by atoms with Crippen LogP contribution < -0.4 is 0 Å². The Morgan fingerprint density at radius 2 is 2.04 bits per heavy atom. The van der Waals surface area contributed by atoms with Gasteiger partial charge in [0, 0.05) is 22.0 Å². The number of aliphatic hydroxyl groups is 1. The zero-order valence-corrected chi connectivity index (χ0v) is 16.4. The Morgan fingerprint density at radius 3 is 2.48 bits per heavy atom. The molecule has 8 heteroatoms. The van der Waals surface area contributed by atoms with E-state index >= 15 is 0 Å². The number of β-lactam (4-membered cyclic amide) rings is 1. The number of fused-ring (bicyclic) bond motifs is 1. The molecule has 2 heterocycles. The van der Waals surface area contributed by atoms with Crippen LogP contribution >= 0.6 is 10.7 Å². The molecule has 3 unspecified atom stereocenters. The molecule has 0 saturated carbocycles. The minimum Gasteiger partial charge on any atom is -0.472 e. The molecule has 23 heavy (non-hydrogen) atoms. The van der Waals surface area contributed by atoms with Crippen molar-refractivity contribution >= 4 is 35.1 Å². The van der Waals surface area contributed by atoms with Crippen molar-refractivity contribution in [3.63, 3.8) is 0 Å². The van der Waals surface area contributed by atoms with E-state index in [1.54, 1.807) is 0 Å². The fraction of sp³-hybridized carbons (Fsp3) is 0.800. The van der Waals surface area contributed by atoms with Gasteiger partial charge in [-0.25, -0.2) is 4.79 Å². The van der Waals surface area contributed by atoms with Crippen molar-refractivity contribution in [1.82, 2.24) is 4.31 Å². The molecule has 0 aromatic heterocycles. The third-order valence-electron chi connectivity index (χ3n) is 5.26. The Labute approximate surface area is 141 Å². The molecular formula is C15H27NO5SSi. The van der Waals surface area contributed by atoms with Crippen molar-refractivity contribution in [2.75, 3.05) is 6.61 Å². The number of hydrogen-bond donors (Lipinski definition) is 2. The van der Waals surface area contributed by atoms with Gasteiger partial charge in [-0.2, -0.15) is 0 Å². The van der Waals surface area contributed by atoms with Crippen LogP contribution in [0.5, 0.6) is 0 Å². The molecule has 0 bridgehead atoms. The summed E-state index contributed by atoms with van der Waals surface area (Å²) >= 11 is 0. The van der Waals surface area contributed by atoms with Crippen LogP contribution in [0, 0.1) is 5.92 Å². The second-order valence-electron chi connectivity index (χ2n) is 7.79. The summed E-state index contributed by atoms with van der Waals surface area (Å²) in [4.78, 5) is 24.5. The van der Waals surface area contributed by atoms with Crippen LogP contribution in [0.4, 0.5) is 4.79 Å². The highest BCUT2D eigenvalue weighted by Crippen LogP contribution is 2.49. The number of carbonyl (C=O) groups is 2. The third-order valence-corrected chi connectivity index (χ3v) is 11.9. The smallest absolute Gasteiger partial charge is 0.378 e. The highest BCUT2D eigenvalue weighted by molar-refractivity contribution is 8.27. The van der Waals surface area contributed by atoms with Crippen molar-refractivity contribution in [3.05, 3.63) is 0 Å². The molecule has 132 valence electrons. The summed E-state index contributed by atoms with van der Waals surface area (Å²) < 4.78 is 7.76. The van der Waals surface area contributed by atoms with Gasteiger partial charge >= 0.3 is 5.30 Å². The average molecular weight is 362 g/mol.